The first-order valence-electron chi connectivity index (χ1n) is 5.60. The van der Waals surface area contributed by atoms with Crippen LogP contribution in [0.2, 0.25) is 0 Å². The zero-order chi connectivity index (χ0) is 12.6. The molecular formula is C13H15NO3. The molecule has 1 N–H and O–H groups in total. The summed E-state index contributed by atoms with van der Waals surface area (Å²) in [5, 5.41) is 8.75. The normalized spacial score (nSPS) is 14.7. The molecule has 1 aromatic rings. The number of aliphatic carboxylic acids is 1. The van der Waals surface area contributed by atoms with Crippen LogP contribution in [0.25, 0.3) is 0 Å². The molecule has 1 aromatic carbocycles. The average molecular weight is 233 g/mol. The first-order valence-corrected chi connectivity index (χ1v) is 5.60. The van der Waals surface area contributed by atoms with Crippen molar-refractivity contribution >= 4 is 11.9 Å². The number of hydrogen-bond acceptors (Lipinski definition) is 2. The molecule has 4 nitrogen and oxygen atoms in total. The number of benzene rings is 1. The molecular weight excluding hydrogens is 218 g/mol. The Labute approximate surface area is 99.9 Å². The van der Waals surface area contributed by atoms with Gasteiger partial charge in [0.25, 0.3) is 5.91 Å². The van der Waals surface area contributed by atoms with Gasteiger partial charge in [0, 0.05) is 12.1 Å². The third kappa shape index (κ3) is 2.16. The number of hydrogen-bond donors (Lipinski definition) is 1. The Morgan fingerprint density at radius 2 is 2.12 bits per heavy atom. The van der Waals surface area contributed by atoms with E-state index in [1.807, 2.05) is 26.0 Å². The Bertz CT molecular complexity index is 494. The zero-order valence-electron chi connectivity index (χ0n) is 9.99. The lowest BCUT2D eigenvalue weighted by atomic mass is 9.93. The number of carboxylic acid groups (broad SMARTS) is 1. The fourth-order valence-electron chi connectivity index (χ4n) is 2.39. The number of rotatable bonds is 2. The molecule has 0 atom stereocenters. The van der Waals surface area contributed by atoms with Gasteiger partial charge in [0.05, 0.1) is 0 Å². The highest BCUT2D eigenvalue weighted by Crippen LogP contribution is 2.23. The molecule has 1 aliphatic heterocycles. The first kappa shape index (κ1) is 11.6. The minimum atomic E-state index is -0.966. The average Bonchev–Trinajstić information content (AvgIpc) is 2.20. The maximum atomic E-state index is 12.1. The van der Waals surface area contributed by atoms with Crippen LogP contribution in [-0.4, -0.2) is 35.0 Å². The van der Waals surface area contributed by atoms with Gasteiger partial charge in [-0.1, -0.05) is 17.7 Å². The summed E-state index contributed by atoms with van der Waals surface area (Å²) in [5.41, 5.74) is 3.79. The van der Waals surface area contributed by atoms with Crippen molar-refractivity contribution in [2.24, 2.45) is 0 Å². The largest absolute Gasteiger partial charge is 0.480 e. The molecule has 0 radical (unpaired) electrons. The molecule has 0 saturated carbocycles. The number of carboxylic acids is 1. The van der Waals surface area contributed by atoms with Gasteiger partial charge in [-0.3, -0.25) is 9.59 Å². The third-order valence-corrected chi connectivity index (χ3v) is 3.04. The Kier molecular flexibility index (Phi) is 2.88. The third-order valence-electron chi connectivity index (χ3n) is 3.04. The van der Waals surface area contributed by atoms with E-state index in [0.717, 1.165) is 23.1 Å². The molecule has 0 fully saturated rings. The maximum absolute atomic E-state index is 12.1. The number of fused-ring (bicyclic) bond motifs is 1. The van der Waals surface area contributed by atoms with Crippen LogP contribution in [0.1, 0.15) is 27.0 Å². The lowest BCUT2D eigenvalue weighted by Gasteiger charge is -2.28. The molecule has 0 unspecified atom stereocenters. The summed E-state index contributed by atoms with van der Waals surface area (Å²) in [6, 6.07) is 3.97. The van der Waals surface area contributed by atoms with E-state index in [4.69, 9.17) is 5.11 Å². The van der Waals surface area contributed by atoms with Crippen LogP contribution >= 0.6 is 0 Å². The Hall–Kier alpha value is -1.84. The van der Waals surface area contributed by atoms with Crippen molar-refractivity contribution in [3.63, 3.8) is 0 Å². The fourth-order valence-corrected chi connectivity index (χ4v) is 2.39. The molecule has 0 saturated heterocycles. The minimum Gasteiger partial charge on any atom is -0.480 e. The predicted octanol–water partition coefficient (Wildman–Crippen LogP) is 1.39. The van der Waals surface area contributed by atoms with Crippen molar-refractivity contribution < 1.29 is 14.7 Å². The SMILES string of the molecule is Cc1cc(C)c2c(c1)CCN(CC(=O)O)C2=O. The van der Waals surface area contributed by atoms with Gasteiger partial charge in [-0.2, -0.15) is 0 Å². The molecule has 4 heteroatoms. The van der Waals surface area contributed by atoms with Crippen molar-refractivity contribution in [1.29, 1.82) is 0 Å². The molecule has 0 aliphatic carbocycles. The summed E-state index contributed by atoms with van der Waals surface area (Å²) < 4.78 is 0. The molecule has 0 aromatic heterocycles. The van der Waals surface area contributed by atoms with Crippen molar-refractivity contribution in [3.8, 4) is 0 Å². The molecule has 0 spiro atoms. The number of carbonyl (C=O) groups is 2. The lowest BCUT2D eigenvalue weighted by Crippen LogP contribution is -2.41. The minimum absolute atomic E-state index is 0.161. The maximum Gasteiger partial charge on any atom is 0.323 e. The van der Waals surface area contributed by atoms with Gasteiger partial charge < -0.3 is 10.0 Å². The summed E-state index contributed by atoms with van der Waals surface area (Å²) in [6.07, 6.45) is 0.733. The van der Waals surface area contributed by atoms with Gasteiger partial charge in [0.15, 0.2) is 0 Å². The highest BCUT2D eigenvalue weighted by molar-refractivity contribution is 5.99. The summed E-state index contributed by atoms with van der Waals surface area (Å²) in [6.45, 7) is 4.17. The topological polar surface area (TPSA) is 57.6 Å². The van der Waals surface area contributed by atoms with Gasteiger partial charge in [-0.05, 0) is 31.4 Å². The van der Waals surface area contributed by atoms with E-state index >= 15 is 0 Å². The molecule has 1 amide bonds. The van der Waals surface area contributed by atoms with Crippen molar-refractivity contribution in [2.45, 2.75) is 20.3 Å². The summed E-state index contributed by atoms with van der Waals surface area (Å²) >= 11 is 0. The summed E-state index contributed by atoms with van der Waals surface area (Å²) in [5.74, 6) is -1.13. The van der Waals surface area contributed by atoms with Crippen LogP contribution in [-0.2, 0) is 11.2 Å². The molecule has 0 bridgehead atoms. The first-order chi connectivity index (χ1) is 7.99. The molecule has 1 heterocycles. The fraction of sp³-hybridized carbons (Fsp3) is 0.385. The molecule has 2 rings (SSSR count). The second kappa shape index (κ2) is 4.20. The van der Waals surface area contributed by atoms with Crippen molar-refractivity contribution in [1.82, 2.24) is 4.90 Å². The van der Waals surface area contributed by atoms with Crippen LogP contribution in [0.4, 0.5) is 0 Å². The van der Waals surface area contributed by atoms with Gasteiger partial charge in [0.1, 0.15) is 6.54 Å². The van der Waals surface area contributed by atoms with E-state index in [9.17, 15) is 9.59 Å². The highest BCUT2D eigenvalue weighted by Gasteiger charge is 2.27. The summed E-state index contributed by atoms with van der Waals surface area (Å²) in [4.78, 5) is 24.2. The van der Waals surface area contributed by atoms with E-state index in [0.29, 0.717) is 12.1 Å². The monoisotopic (exact) mass is 233 g/mol. The molecule has 1 aliphatic rings. The van der Waals surface area contributed by atoms with Crippen LogP contribution in [0.3, 0.4) is 0 Å². The van der Waals surface area contributed by atoms with Crippen molar-refractivity contribution in [3.05, 3.63) is 34.4 Å². The highest BCUT2D eigenvalue weighted by atomic mass is 16.4. The Balaban J connectivity index is 2.38. The van der Waals surface area contributed by atoms with Crippen LogP contribution < -0.4 is 0 Å². The lowest BCUT2D eigenvalue weighted by molar-refractivity contribution is -0.137. The number of carbonyl (C=O) groups excluding carboxylic acids is 1. The zero-order valence-corrected chi connectivity index (χ0v) is 9.99. The standard InChI is InChI=1S/C13H15NO3/c1-8-5-9(2)12-10(6-8)3-4-14(13(12)17)7-11(15)16/h5-6H,3-4,7H2,1-2H3,(H,15,16). The van der Waals surface area contributed by atoms with E-state index in [2.05, 4.69) is 0 Å². The quantitative estimate of drug-likeness (QED) is 0.839. The smallest absolute Gasteiger partial charge is 0.323 e. The number of aryl methyl sites for hydroxylation is 2. The number of amides is 1. The van der Waals surface area contributed by atoms with Gasteiger partial charge >= 0.3 is 5.97 Å². The second-order valence-corrected chi connectivity index (χ2v) is 4.49. The summed E-state index contributed by atoms with van der Waals surface area (Å²) in [7, 11) is 0. The van der Waals surface area contributed by atoms with E-state index in [-0.39, 0.29) is 12.5 Å². The Morgan fingerprint density at radius 1 is 1.41 bits per heavy atom. The predicted molar refractivity (Wildman–Crippen MR) is 63.2 cm³/mol. The van der Waals surface area contributed by atoms with E-state index in [1.54, 1.807) is 0 Å². The number of nitrogens with zero attached hydrogens (tertiary/aromatic N) is 1. The Morgan fingerprint density at radius 3 is 2.76 bits per heavy atom. The van der Waals surface area contributed by atoms with E-state index < -0.39 is 5.97 Å². The van der Waals surface area contributed by atoms with Gasteiger partial charge in [0.2, 0.25) is 0 Å². The second-order valence-electron chi connectivity index (χ2n) is 4.49. The van der Waals surface area contributed by atoms with Crippen LogP contribution in [0.5, 0.6) is 0 Å². The van der Waals surface area contributed by atoms with Crippen LogP contribution in [0, 0.1) is 13.8 Å². The van der Waals surface area contributed by atoms with Gasteiger partial charge in [-0.25, -0.2) is 0 Å². The van der Waals surface area contributed by atoms with Gasteiger partial charge in [-0.15, -0.1) is 0 Å². The molecule has 17 heavy (non-hydrogen) atoms. The van der Waals surface area contributed by atoms with Crippen molar-refractivity contribution in [2.75, 3.05) is 13.1 Å². The van der Waals surface area contributed by atoms with Crippen LogP contribution in [0.15, 0.2) is 12.1 Å². The molecule has 90 valence electrons. The van der Waals surface area contributed by atoms with E-state index in [1.165, 1.54) is 4.90 Å².